The highest BCUT2D eigenvalue weighted by molar-refractivity contribution is 5.80. The quantitative estimate of drug-likeness (QED) is 0.661. The Morgan fingerprint density at radius 1 is 1.28 bits per heavy atom. The van der Waals surface area contributed by atoms with E-state index in [-0.39, 0.29) is 25.6 Å². The van der Waals surface area contributed by atoms with Gasteiger partial charge in [0.1, 0.15) is 6.04 Å². The molecule has 0 aromatic rings. The summed E-state index contributed by atoms with van der Waals surface area (Å²) in [6.07, 6.45) is -1.28. The highest BCUT2D eigenvalue weighted by Crippen LogP contribution is 2.01. The third kappa shape index (κ3) is 7.48. The van der Waals surface area contributed by atoms with Crippen molar-refractivity contribution in [2.75, 3.05) is 6.61 Å². The molecule has 104 valence electrons. The van der Waals surface area contributed by atoms with Crippen molar-refractivity contribution in [1.29, 1.82) is 0 Å². The Kier molecular flexibility index (Phi) is 7.50. The zero-order valence-electron chi connectivity index (χ0n) is 10.8. The average molecular weight is 261 g/mol. The third-order valence-electron chi connectivity index (χ3n) is 1.88. The van der Waals surface area contributed by atoms with Crippen LogP contribution in [-0.4, -0.2) is 41.9 Å². The summed E-state index contributed by atoms with van der Waals surface area (Å²) in [5.41, 5.74) is 0. The summed E-state index contributed by atoms with van der Waals surface area (Å²) in [4.78, 5) is 33.2. The molecule has 0 spiro atoms. The Balaban J connectivity index is 4.19. The number of carbonyl (C=O) groups is 3. The number of esters is 1. The van der Waals surface area contributed by atoms with E-state index in [2.05, 4.69) is 10.1 Å². The molecule has 2 N–H and O–H groups in total. The van der Waals surface area contributed by atoms with E-state index < -0.39 is 24.1 Å². The van der Waals surface area contributed by atoms with Crippen LogP contribution in [0, 0.1) is 0 Å². The molecule has 1 atom stereocenters. The Morgan fingerprint density at radius 3 is 2.33 bits per heavy atom. The third-order valence-corrected chi connectivity index (χ3v) is 1.88. The molecule has 0 saturated carbocycles. The average Bonchev–Trinajstić information content (AvgIpc) is 2.23. The summed E-state index contributed by atoms with van der Waals surface area (Å²) in [5, 5.41) is 11.1. The molecule has 0 aliphatic heterocycles. The van der Waals surface area contributed by atoms with Gasteiger partial charge in [0, 0.05) is 6.42 Å². The van der Waals surface area contributed by atoms with Crippen LogP contribution >= 0.6 is 0 Å². The number of carbonyl (C=O) groups excluding carboxylic acids is 2. The standard InChI is InChI=1S/C11H19NO6/c1-4-17-9(13)6-5-8(10(14)15)12-11(16)18-7(2)3/h7-8H,4-6H2,1-3H3,(H,12,16)(H,14,15)/t8-/m0/s1. The smallest absolute Gasteiger partial charge is 0.408 e. The number of rotatable bonds is 7. The molecule has 0 fully saturated rings. The van der Waals surface area contributed by atoms with E-state index in [0.29, 0.717) is 0 Å². The van der Waals surface area contributed by atoms with Crippen molar-refractivity contribution >= 4 is 18.0 Å². The van der Waals surface area contributed by atoms with Crippen LogP contribution < -0.4 is 5.32 Å². The number of hydrogen-bond donors (Lipinski definition) is 2. The van der Waals surface area contributed by atoms with Crippen LogP contribution in [-0.2, 0) is 19.1 Å². The van der Waals surface area contributed by atoms with Crippen LogP contribution in [0.1, 0.15) is 33.6 Å². The maximum absolute atomic E-state index is 11.2. The molecular weight excluding hydrogens is 242 g/mol. The van der Waals surface area contributed by atoms with Crippen molar-refractivity contribution in [3.05, 3.63) is 0 Å². The molecule has 7 heteroatoms. The Bertz CT molecular complexity index is 302. The zero-order chi connectivity index (χ0) is 14.1. The van der Waals surface area contributed by atoms with Crippen LogP contribution in [0.4, 0.5) is 4.79 Å². The first-order chi connectivity index (χ1) is 8.36. The van der Waals surface area contributed by atoms with Gasteiger partial charge in [0.25, 0.3) is 0 Å². The lowest BCUT2D eigenvalue weighted by Crippen LogP contribution is -2.42. The summed E-state index contributed by atoms with van der Waals surface area (Å²) in [6.45, 7) is 5.19. The van der Waals surface area contributed by atoms with Crippen LogP contribution in [0.2, 0.25) is 0 Å². The number of nitrogens with one attached hydrogen (secondary N) is 1. The first-order valence-electron chi connectivity index (χ1n) is 5.72. The summed E-state index contributed by atoms with van der Waals surface area (Å²) < 4.78 is 9.42. The van der Waals surface area contributed by atoms with Gasteiger partial charge < -0.3 is 19.9 Å². The Morgan fingerprint density at radius 2 is 1.89 bits per heavy atom. The van der Waals surface area contributed by atoms with Gasteiger partial charge in [-0.25, -0.2) is 9.59 Å². The van der Waals surface area contributed by atoms with Crippen molar-refractivity contribution in [3.8, 4) is 0 Å². The minimum atomic E-state index is -1.22. The lowest BCUT2D eigenvalue weighted by molar-refractivity contribution is -0.144. The van der Waals surface area contributed by atoms with E-state index >= 15 is 0 Å². The lowest BCUT2D eigenvalue weighted by atomic mass is 10.1. The summed E-state index contributed by atoms with van der Waals surface area (Å²) >= 11 is 0. The van der Waals surface area contributed by atoms with Gasteiger partial charge in [-0.15, -0.1) is 0 Å². The van der Waals surface area contributed by atoms with E-state index in [9.17, 15) is 14.4 Å². The normalized spacial score (nSPS) is 11.8. The van der Waals surface area contributed by atoms with Gasteiger partial charge in [-0.2, -0.15) is 0 Å². The molecule has 0 saturated heterocycles. The van der Waals surface area contributed by atoms with Gasteiger partial charge >= 0.3 is 18.0 Å². The van der Waals surface area contributed by atoms with E-state index in [4.69, 9.17) is 9.84 Å². The topological polar surface area (TPSA) is 102 Å². The number of carboxylic acids is 1. The number of ether oxygens (including phenoxy) is 2. The Hall–Kier alpha value is -1.79. The SMILES string of the molecule is CCOC(=O)CC[C@H](NC(=O)OC(C)C)C(=O)O. The minimum Gasteiger partial charge on any atom is -0.480 e. The monoisotopic (exact) mass is 261 g/mol. The van der Waals surface area contributed by atoms with E-state index in [1.807, 2.05) is 0 Å². The number of alkyl carbamates (subject to hydrolysis) is 1. The maximum Gasteiger partial charge on any atom is 0.408 e. The largest absolute Gasteiger partial charge is 0.480 e. The zero-order valence-corrected chi connectivity index (χ0v) is 10.8. The second-order valence-corrected chi connectivity index (χ2v) is 3.83. The fourth-order valence-corrected chi connectivity index (χ4v) is 1.14. The first kappa shape index (κ1) is 16.2. The molecule has 0 bridgehead atoms. The van der Waals surface area contributed by atoms with E-state index in [1.165, 1.54) is 0 Å². The predicted octanol–water partition coefficient (Wildman–Crippen LogP) is 0.918. The highest BCUT2D eigenvalue weighted by atomic mass is 16.6. The van der Waals surface area contributed by atoms with Crippen LogP contribution in [0.5, 0.6) is 0 Å². The molecule has 0 unspecified atom stereocenters. The summed E-state index contributed by atoms with van der Waals surface area (Å²) in [5.74, 6) is -1.72. The molecule has 0 aliphatic carbocycles. The van der Waals surface area contributed by atoms with E-state index in [1.54, 1.807) is 20.8 Å². The molecule has 0 heterocycles. The fourth-order valence-electron chi connectivity index (χ4n) is 1.14. The number of carboxylic acid groups (broad SMARTS) is 1. The predicted molar refractivity (Wildman–Crippen MR) is 62.0 cm³/mol. The molecule has 1 amide bonds. The van der Waals surface area contributed by atoms with Crippen molar-refractivity contribution in [2.45, 2.75) is 45.8 Å². The van der Waals surface area contributed by atoms with Gasteiger partial charge in [-0.1, -0.05) is 0 Å². The number of amides is 1. The summed E-state index contributed by atoms with van der Waals surface area (Å²) in [7, 11) is 0. The molecular formula is C11H19NO6. The van der Waals surface area contributed by atoms with E-state index in [0.717, 1.165) is 0 Å². The summed E-state index contributed by atoms with van der Waals surface area (Å²) in [6, 6.07) is -1.17. The molecule has 7 nitrogen and oxygen atoms in total. The van der Waals surface area contributed by atoms with Gasteiger partial charge in [0.15, 0.2) is 0 Å². The van der Waals surface area contributed by atoms with Crippen molar-refractivity contribution in [1.82, 2.24) is 5.32 Å². The van der Waals surface area contributed by atoms with Crippen LogP contribution in [0.15, 0.2) is 0 Å². The first-order valence-corrected chi connectivity index (χ1v) is 5.72. The molecule has 0 aromatic carbocycles. The lowest BCUT2D eigenvalue weighted by Gasteiger charge is -2.15. The van der Waals surface area contributed by atoms with Crippen molar-refractivity contribution in [2.24, 2.45) is 0 Å². The van der Waals surface area contributed by atoms with Crippen molar-refractivity contribution in [3.63, 3.8) is 0 Å². The van der Waals surface area contributed by atoms with Crippen molar-refractivity contribution < 1.29 is 29.0 Å². The second kappa shape index (κ2) is 8.32. The van der Waals surface area contributed by atoms with Gasteiger partial charge in [0.2, 0.25) is 0 Å². The van der Waals surface area contributed by atoms with Gasteiger partial charge in [-0.05, 0) is 27.2 Å². The number of hydrogen-bond acceptors (Lipinski definition) is 5. The molecule has 18 heavy (non-hydrogen) atoms. The molecule has 0 aromatic heterocycles. The van der Waals surface area contributed by atoms with Gasteiger partial charge in [-0.3, -0.25) is 4.79 Å². The van der Waals surface area contributed by atoms with Gasteiger partial charge in [0.05, 0.1) is 12.7 Å². The Labute approximate surface area is 105 Å². The minimum absolute atomic E-state index is 0.0403. The molecule has 0 rings (SSSR count). The highest BCUT2D eigenvalue weighted by Gasteiger charge is 2.22. The number of aliphatic carboxylic acids is 1. The fraction of sp³-hybridized carbons (Fsp3) is 0.727. The molecule has 0 aliphatic rings. The molecule has 0 radical (unpaired) electrons. The van der Waals surface area contributed by atoms with Crippen LogP contribution in [0.25, 0.3) is 0 Å². The second-order valence-electron chi connectivity index (χ2n) is 3.83. The maximum atomic E-state index is 11.2. The van der Waals surface area contributed by atoms with Crippen LogP contribution in [0.3, 0.4) is 0 Å².